The fourth-order valence-corrected chi connectivity index (χ4v) is 2.82. The Morgan fingerprint density at radius 3 is 2.62 bits per heavy atom. The summed E-state index contributed by atoms with van der Waals surface area (Å²) in [7, 11) is 3.35. The molecule has 2 aromatic heterocycles. The standard InChI is InChI=1S/C18H20N2O4/c1-10-15(11(2)24-19-10)9-20(4)18(21)17-12(3)23-16-7-6-13(22-5)8-14(16)17/h6-8H,9H2,1-5H3. The van der Waals surface area contributed by atoms with Gasteiger partial charge in [0, 0.05) is 18.0 Å². The van der Waals surface area contributed by atoms with E-state index >= 15 is 0 Å². The van der Waals surface area contributed by atoms with Crippen LogP contribution in [0.5, 0.6) is 5.75 Å². The Balaban J connectivity index is 1.97. The summed E-state index contributed by atoms with van der Waals surface area (Å²) in [6.45, 7) is 5.93. The Bertz CT molecular complexity index is 888. The maximum atomic E-state index is 13.0. The van der Waals surface area contributed by atoms with Crippen LogP contribution in [0.3, 0.4) is 0 Å². The van der Waals surface area contributed by atoms with Crippen molar-refractivity contribution in [3.8, 4) is 5.75 Å². The van der Waals surface area contributed by atoms with Gasteiger partial charge < -0.3 is 18.6 Å². The van der Waals surface area contributed by atoms with E-state index in [9.17, 15) is 4.79 Å². The van der Waals surface area contributed by atoms with Gasteiger partial charge >= 0.3 is 0 Å². The Labute approximate surface area is 140 Å². The number of hydrogen-bond donors (Lipinski definition) is 0. The Hall–Kier alpha value is -2.76. The number of carbonyl (C=O) groups excluding carboxylic acids is 1. The first kappa shape index (κ1) is 16.1. The molecule has 0 unspecified atom stereocenters. The molecule has 0 spiro atoms. The van der Waals surface area contributed by atoms with Crippen molar-refractivity contribution in [3.05, 3.63) is 46.5 Å². The van der Waals surface area contributed by atoms with Gasteiger partial charge in [-0.15, -0.1) is 0 Å². The van der Waals surface area contributed by atoms with E-state index in [0.717, 1.165) is 22.4 Å². The predicted octanol–water partition coefficient (Wildman–Crippen LogP) is 3.63. The largest absolute Gasteiger partial charge is 0.497 e. The van der Waals surface area contributed by atoms with Crippen molar-refractivity contribution in [3.63, 3.8) is 0 Å². The summed E-state index contributed by atoms with van der Waals surface area (Å²) < 4.78 is 16.1. The first-order valence-corrected chi connectivity index (χ1v) is 7.66. The lowest BCUT2D eigenvalue weighted by Gasteiger charge is -2.17. The van der Waals surface area contributed by atoms with Crippen molar-refractivity contribution in [2.75, 3.05) is 14.2 Å². The molecule has 0 aliphatic carbocycles. The van der Waals surface area contributed by atoms with E-state index in [0.29, 0.717) is 29.2 Å². The smallest absolute Gasteiger partial charge is 0.258 e. The topological polar surface area (TPSA) is 68.7 Å². The molecule has 3 rings (SSSR count). The van der Waals surface area contributed by atoms with Gasteiger partial charge in [-0.1, -0.05) is 5.16 Å². The third-order valence-electron chi connectivity index (χ3n) is 4.21. The van der Waals surface area contributed by atoms with E-state index in [1.54, 1.807) is 26.0 Å². The van der Waals surface area contributed by atoms with Crippen LogP contribution >= 0.6 is 0 Å². The Morgan fingerprint density at radius 2 is 2.00 bits per heavy atom. The maximum absolute atomic E-state index is 13.0. The molecular formula is C18H20N2O4. The van der Waals surface area contributed by atoms with E-state index in [2.05, 4.69) is 5.16 Å². The highest BCUT2D eigenvalue weighted by Gasteiger charge is 2.23. The second-order valence-electron chi connectivity index (χ2n) is 5.86. The zero-order chi connectivity index (χ0) is 17.4. The van der Waals surface area contributed by atoms with Crippen LogP contribution in [0.1, 0.15) is 33.1 Å². The normalized spacial score (nSPS) is 11.0. The van der Waals surface area contributed by atoms with Gasteiger partial charge in [0.2, 0.25) is 0 Å². The van der Waals surface area contributed by atoms with Gasteiger partial charge in [-0.05, 0) is 39.0 Å². The lowest BCUT2D eigenvalue weighted by atomic mass is 10.1. The van der Waals surface area contributed by atoms with Gasteiger partial charge in [0.25, 0.3) is 5.91 Å². The minimum Gasteiger partial charge on any atom is -0.497 e. The number of rotatable bonds is 4. The number of hydrogen-bond acceptors (Lipinski definition) is 5. The van der Waals surface area contributed by atoms with Crippen LogP contribution in [-0.4, -0.2) is 30.1 Å². The zero-order valence-corrected chi connectivity index (χ0v) is 14.5. The van der Waals surface area contributed by atoms with Gasteiger partial charge in [-0.2, -0.15) is 0 Å². The van der Waals surface area contributed by atoms with Gasteiger partial charge in [0.15, 0.2) is 0 Å². The van der Waals surface area contributed by atoms with E-state index < -0.39 is 0 Å². The molecule has 126 valence electrons. The number of nitrogens with zero attached hydrogens (tertiary/aromatic N) is 2. The number of benzene rings is 1. The molecule has 0 atom stereocenters. The van der Waals surface area contributed by atoms with Crippen LogP contribution in [0.2, 0.25) is 0 Å². The number of amides is 1. The van der Waals surface area contributed by atoms with E-state index in [1.165, 1.54) is 0 Å². The van der Waals surface area contributed by atoms with Crippen molar-refractivity contribution in [1.29, 1.82) is 0 Å². The summed E-state index contributed by atoms with van der Waals surface area (Å²) in [4.78, 5) is 14.6. The number of aromatic nitrogens is 1. The van der Waals surface area contributed by atoms with Crippen LogP contribution in [0.25, 0.3) is 11.0 Å². The molecule has 1 amide bonds. The summed E-state index contributed by atoms with van der Waals surface area (Å²) in [5, 5.41) is 4.69. The molecule has 0 fully saturated rings. The third kappa shape index (κ3) is 2.64. The Kier molecular flexibility index (Phi) is 4.05. The van der Waals surface area contributed by atoms with Crippen LogP contribution < -0.4 is 4.74 Å². The maximum Gasteiger partial charge on any atom is 0.258 e. The summed E-state index contributed by atoms with van der Waals surface area (Å²) in [6.07, 6.45) is 0. The molecule has 0 N–H and O–H groups in total. The van der Waals surface area contributed by atoms with E-state index in [-0.39, 0.29) is 5.91 Å². The minimum atomic E-state index is -0.112. The van der Waals surface area contributed by atoms with Crippen molar-refractivity contribution in [2.45, 2.75) is 27.3 Å². The lowest BCUT2D eigenvalue weighted by Crippen LogP contribution is -2.27. The van der Waals surface area contributed by atoms with Crippen molar-refractivity contribution >= 4 is 16.9 Å². The molecule has 0 saturated heterocycles. The van der Waals surface area contributed by atoms with Crippen molar-refractivity contribution in [1.82, 2.24) is 10.1 Å². The second kappa shape index (κ2) is 6.03. The number of ether oxygens (including phenoxy) is 1. The SMILES string of the molecule is COc1ccc2oc(C)c(C(=O)N(C)Cc3c(C)noc3C)c2c1. The molecule has 0 radical (unpaired) electrons. The molecule has 6 heteroatoms. The van der Waals surface area contributed by atoms with Crippen molar-refractivity contribution < 1.29 is 18.5 Å². The van der Waals surface area contributed by atoms with Crippen LogP contribution in [0, 0.1) is 20.8 Å². The fraction of sp³-hybridized carbons (Fsp3) is 0.333. The molecule has 2 heterocycles. The summed E-state index contributed by atoms with van der Waals surface area (Å²) in [5.41, 5.74) is 2.94. The average Bonchev–Trinajstić information content (AvgIpc) is 3.06. The first-order valence-electron chi connectivity index (χ1n) is 7.66. The highest BCUT2D eigenvalue weighted by molar-refractivity contribution is 6.07. The number of furan rings is 1. The number of carbonyl (C=O) groups is 1. The first-order chi connectivity index (χ1) is 11.4. The molecule has 6 nitrogen and oxygen atoms in total. The summed E-state index contributed by atoms with van der Waals surface area (Å²) in [5.74, 6) is 1.89. The van der Waals surface area contributed by atoms with Crippen molar-refractivity contribution in [2.24, 2.45) is 0 Å². The molecule has 0 saturated carbocycles. The number of fused-ring (bicyclic) bond motifs is 1. The minimum absolute atomic E-state index is 0.112. The van der Waals surface area contributed by atoms with Crippen LogP contribution in [0.4, 0.5) is 0 Å². The quantitative estimate of drug-likeness (QED) is 0.731. The predicted molar refractivity (Wildman–Crippen MR) is 89.3 cm³/mol. The lowest BCUT2D eigenvalue weighted by molar-refractivity contribution is 0.0784. The average molecular weight is 328 g/mol. The van der Waals surface area contributed by atoms with E-state index in [4.69, 9.17) is 13.7 Å². The van der Waals surface area contributed by atoms with Gasteiger partial charge in [-0.3, -0.25) is 4.79 Å². The highest BCUT2D eigenvalue weighted by atomic mass is 16.5. The van der Waals surface area contributed by atoms with Gasteiger partial charge in [0.1, 0.15) is 22.9 Å². The molecule has 0 aliphatic rings. The molecule has 24 heavy (non-hydrogen) atoms. The van der Waals surface area contributed by atoms with E-state index in [1.807, 2.05) is 32.0 Å². The number of aryl methyl sites for hydroxylation is 3. The monoisotopic (exact) mass is 328 g/mol. The molecule has 0 bridgehead atoms. The summed E-state index contributed by atoms with van der Waals surface area (Å²) >= 11 is 0. The highest BCUT2D eigenvalue weighted by Crippen LogP contribution is 2.30. The number of methoxy groups -OCH3 is 1. The van der Waals surface area contributed by atoms with Crippen LogP contribution in [0.15, 0.2) is 27.1 Å². The van der Waals surface area contributed by atoms with Gasteiger partial charge in [0.05, 0.1) is 24.9 Å². The molecule has 1 aromatic carbocycles. The Morgan fingerprint density at radius 1 is 1.25 bits per heavy atom. The molecule has 3 aromatic rings. The molecular weight excluding hydrogens is 308 g/mol. The summed E-state index contributed by atoms with van der Waals surface area (Å²) in [6, 6.07) is 5.45. The zero-order valence-electron chi connectivity index (χ0n) is 14.5. The third-order valence-corrected chi connectivity index (χ3v) is 4.21. The molecule has 0 aliphatic heterocycles. The van der Waals surface area contributed by atoms with Crippen LogP contribution in [-0.2, 0) is 6.54 Å². The second-order valence-corrected chi connectivity index (χ2v) is 5.86. The van der Waals surface area contributed by atoms with Gasteiger partial charge in [-0.25, -0.2) is 0 Å². The fourth-order valence-electron chi connectivity index (χ4n) is 2.82.